The first-order valence-electron chi connectivity index (χ1n) is 7.57. The van der Waals surface area contributed by atoms with Crippen molar-refractivity contribution in [2.24, 2.45) is 0 Å². The van der Waals surface area contributed by atoms with Crippen LogP contribution in [0.3, 0.4) is 0 Å². The molecule has 3 rings (SSSR count). The second-order valence-corrected chi connectivity index (χ2v) is 6.02. The minimum absolute atomic E-state index is 0.0625. The molecule has 0 radical (unpaired) electrons. The Bertz CT molecular complexity index is 756. The fourth-order valence-corrected chi connectivity index (χ4v) is 3.14. The molecule has 122 valence electrons. The summed E-state index contributed by atoms with van der Waals surface area (Å²) in [6.07, 6.45) is 0.498. The summed E-state index contributed by atoms with van der Waals surface area (Å²) in [5.41, 5.74) is 2.15. The van der Waals surface area contributed by atoms with Crippen molar-refractivity contribution >= 4 is 34.5 Å². The van der Waals surface area contributed by atoms with Crippen LogP contribution >= 0.6 is 11.6 Å². The molecule has 0 saturated heterocycles. The fourth-order valence-electron chi connectivity index (χ4n) is 2.91. The topological polar surface area (TPSA) is 74.6 Å². The second kappa shape index (κ2) is 6.50. The van der Waals surface area contributed by atoms with Gasteiger partial charge in [0.1, 0.15) is 0 Å². The Morgan fingerprint density at radius 1 is 1.30 bits per heavy atom. The number of hydrogen-bond acceptors (Lipinski definition) is 2. The lowest BCUT2D eigenvalue weighted by Crippen LogP contribution is -2.44. The number of urea groups is 1. The summed E-state index contributed by atoms with van der Waals surface area (Å²) in [4.78, 5) is 24.4. The maximum atomic E-state index is 12.2. The number of carboxylic acids is 1. The van der Waals surface area contributed by atoms with Crippen molar-refractivity contribution in [3.05, 3.63) is 35.0 Å². The van der Waals surface area contributed by atoms with Crippen molar-refractivity contribution < 1.29 is 14.7 Å². The number of benzene rings is 1. The molecule has 0 aliphatic carbocycles. The first kappa shape index (κ1) is 15.7. The smallest absolute Gasteiger partial charge is 0.317 e. The molecule has 7 heteroatoms. The van der Waals surface area contributed by atoms with Gasteiger partial charge in [0.15, 0.2) is 0 Å². The fraction of sp³-hybridized carbons (Fsp3) is 0.375. The van der Waals surface area contributed by atoms with Gasteiger partial charge in [0.2, 0.25) is 0 Å². The third-order valence-electron chi connectivity index (χ3n) is 4.06. The Morgan fingerprint density at radius 2 is 2.13 bits per heavy atom. The normalized spacial score (nSPS) is 13.9. The number of hydrogen-bond donors (Lipinski definition) is 2. The standard InChI is InChI=1S/C16H18ClN3O3/c17-13-3-1-4-14-12(13)9-11-10-19(7-8-20(11)14)16(23)18-6-2-5-15(21)22/h1,3-4,9H,2,5-8,10H2,(H,18,23)(H,21,22). The lowest BCUT2D eigenvalue weighted by molar-refractivity contribution is -0.137. The molecule has 0 bridgehead atoms. The number of carbonyl (C=O) groups excluding carboxylic acids is 1. The van der Waals surface area contributed by atoms with Crippen LogP contribution in [0.25, 0.3) is 10.9 Å². The Labute approximate surface area is 138 Å². The number of carboxylic acid groups (broad SMARTS) is 1. The lowest BCUT2D eigenvalue weighted by Gasteiger charge is -2.29. The van der Waals surface area contributed by atoms with Crippen LogP contribution < -0.4 is 5.32 Å². The molecular weight excluding hydrogens is 318 g/mol. The molecule has 1 aromatic heterocycles. The van der Waals surface area contributed by atoms with E-state index in [1.54, 1.807) is 4.90 Å². The van der Waals surface area contributed by atoms with Crippen LogP contribution in [0.2, 0.25) is 5.02 Å². The predicted molar refractivity (Wildman–Crippen MR) is 87.6 cm³/mol. The highest BCUT2D eigenvalue weighted by Crippen LogP contribution is 2.29. The van der Waals surface area contributed by atoms with E-state index >= 15 is 0 Å². The van der Waals surface area contributed by atoms with Crippen LogP contribution in [0.15, 0.2) is 24.3 Å². The van der Waals surface area contributed by atoms with Crippen LogP contribution in [-0.4, -0.2) is 39.7 Å². The molecule has 6 nitrogen and oxygen atoms in total. The van der Waals surface area contributed by atoms with Gasteiger partial charge in [-0.3, -0.25) is 4.79 Å². The molecule has 2 N–H and O–H groups in total. The molecule has 0 spiro atoms. The van der Waals surface area contributed by atoms with Crippen molar-refractivity contribution in [3.63, 3.8) is 0 Å². The van der Waals surface area contributed by atoms with E-state index in [4.69, 9.17) is 16.7 Å². The molecule has 0 unspecified atom stereocenters. The highest BCUT2D eigenvalue weighted by molar-refractivity contribution is 6.35. The average molecular weight is 336 g/mol. The zero-order valence-electron chi connectivity index (χ0n) is 12.6. The maximum absolute atomic E-state index is 12.2. The number of rotatable bonds is 4. The summed E-state index contributed by atoms with van der Waals surface area (Å²) < 4.78 is 2.19. The number of fused-ring (bicyclic) bond motifs is 3. The number of nitrogens with one attached hydrogen (secondary N) is 1. The molecule has 1 aliphatic heterocycles. The second-order valence-electron chi connectivity index (χ2n) is 5.61. The number of nitrogens with zero attached hydrogens (tertiary/aromatic N) is 2. The largest absolute Gasteiger partial charge is 0.481 e. The minimum atomic E-state index is -0.849. The molecule has 2 heterocycles. The Hall–Kier alpha value is -2.21. The Kier molecular flexibility index (Phi) is 4.43. The number of carbonyl (C=O) groups is 2. The summed E-state index contributed by atoms with van der Waals surface area (Å²) in [5.74, 6) is -0.849. The van der Waals surface area contributed by atoms with Gasteiger partial charge in [0.25, 0.3) is 0 Å². The number of amides is 2. The number of aliphatic carboxylic acids is 1. The molecule has 1 aromatic carbocycles. The molecule has 0 fully saturated rings. The van der Waals surface area contributed by atoms with Gasteiger partial charge in [-0.25, -0.2) is 4.79 Å². The SMILES string of the molecule is O=C(O)CCCNC(=O)N1CCn2c(cc3c(Cl)cccc32)C1. The number of aromatic nitrogens is 1. The molecule has 0 atom stereocenters. The van der Waals surface area contributed by atoms with E-state index in [0.29, 0.717) is 31.1 Å². The van der Waals surface area contributed by atoms with E-state index in [2.05, 4.69) is 9.88 Å². The van der Waals surface area contributed by atoms with E-state index in [0.717, 1.165) is 23.1 Å². The quantitative estimate of drug-likeness (QED) is 0.844. The summed E-state index contributed by atoms with van der Waals surface area (Å²) in [6, 6.07) is 7.70. The molecule has 2 aromatic rings. The molecule has 0 saturated carbocycles. The highest BCUT2D eigenvalue weighted by atomic mass is 35.5. The van der Waals surface area contributed by atoms with Gasteiger partial charge < -0.3 is 19.9 Å². The van der Waals surface area contributed by atoms with Crippen LogP contribution in [0.5, 0.6) is 0 Å². The van der Waals surface area contributed by atoms with E-state index in [1.807, 2.05) is 24.3 Å². The van der Waals surface area contributed by atoms with Crippen LogP contribution in [0, 0.1) is 0 Å². The third-order valence-corrected chi connectivity index (χ3v) is 4.39. The zero-order chi connectivity index (χ0) is 16.4. The van der Waals surface area contributed by atoms with Crippen molar-refractivity contribution in [3.8, 4) is 0 Å². The van der Waals surface area contributed by atoms with Crippen molar-refractivity contribution in [1.82, 2.24) is 14.8 Å². The Balaban J connectivity index is 1.66. The van der Waals surface area contributed by atoms with Crippen LogP contribution in [0.4, 0.5) is 4.79 Å². The summed E-state index contributed by atoms with van der Waals surface area (Å²) >= 11 is 6.23. The van der Waals surface area contributed by atoms with Gasteiger partial charge in [0, 0.05) is 47.7 Å². The lowest BCUT2D eigenvalue weighted by atomic mass is 10.2. The monoisotopic (exact) mass is 335 g/mol. The van der Waals surface area contributed by atoms with Crippen molar-refractivity contribution in [1.29, 1.82) is 0 Å². The van der Waals surface area contributed by atoms with E-state index in [9.17, 15) is 9.59 Å². The van der Waals surface area contributed by atoms with Gasteiger partial charge >= 0.3 is 12.0 Å². The molecular formula is C16H18ClN3O3. The third kappa shape index (κ3) is 3.27. The Morgan fingerprint density at radius 3 is 2.91 bits per heavy atom. The van der Waals surface area contributed by atoms with Crippen molar-refractivity contribution in [2.75, 3.05) is 13.1 Å². The first-order valence-corrected chi connectivity index (χ1v) is 7.95. The zero-order valence-corrected chi connectivity index (χ0v) is 13.3. The van der Waals surface area contributed by atoms with Gasteiger partial charge in [-0.15, -0.1) is 0 Å². The van der Waals surface area contributed by atoms with Gasteiger partial charge in [-0.2, -0.15) is 0 Å². The first-order chi connectivity index (χ1) is 11.1. The van der Waals surface area contributed by atoms with E-state index < -0.39 is 5.97 Å². The summed E-state index contributed by atoms with van der Waals surface area (Å²) in [6.45, 7) is 2.24. The van der Waals surface area contributed by atoms with Crippen molar-refractivity contribution in [2.45, 2.75) is 25.9 Å². The summed E-state index contributed by atoms with van der Waals surface area (Å²) in [7, 11) is 0. The van der Waals surface area contributed by atoms with E-state index in [1.165, 1.54) is 0 Å². The summed E-state index contributed by atoms with van der Waals surface area (Å²) in [5, 5.41) is 13.1. The predicted octanol–water partition coefficient (Wildman–Crippen LogP) is 2.68. The maximum Gasteiger partial charge on any atom is 0.317 e. The minimum Gasteiger partial charge on any atom is -0.481 e. The molecule has 23 heavy (non-hydrogen) atoms. The van der Waals surface area contributed by atoms with E-state index in [-0.39, 0.29) is 12.5 Å². The average Bonchev–Trinajstić information content (AvgIpc) is 2.90. The highest BCUT2D eigenvalue weighted by Gasteiger charge is 2.22. The van der Waals surface area contributed by atoms with Gasteiger partial charge in [-0.1, -0.05) is 17.7 Å². The van der Waals surface area contributed by atoms with Gasteiger partial charge in [0.05, 0.1) is 6.54 Å². The van der Waals surface area contributed by atoms with Crippen LogP contribution in [-0.2, 0) is 17.9 Å². The van der Waals surface area contributed by atoms with Gasteiger partial charge in [-0.05, 0) is 24.6 Å². The molecule has 2 amide bonds. The van der Waals surface area contributed by atoms with Crippen LogP contribution in [0.1, 0.15) is 18.5 Å². The number of halogens is 1. The molecule has 1 aliphatic rings.